The smallest absolute Gasteiger partial charge is 0.327 e. The van der Waals surface area contributed by atoms with Crippen LogP contribution in [-0.4, -0.2) is 40.8 Å². The van der Waals surface area contributed by atoms with Gasteiger partial charge >= 0.3 is 5.97 Å². The molecule has 0 spiro atoms. The molecular weight excluding hydrogens is 316 g/mol. The molecule has 6 nitrogen and oxygen atoms in total. The number of carbonyl (C=O) groups is 1. The summed E-state index contributed by atoms with van der Waals surface area (Å²) < 4.78 is 6.84. The summed E-state index contributed by atoms with van der Waals surface area (Å²) in [6.45, 7) is 1.66. The van der Waals surface area contributed by atoms with E-state index in [0.717, 1.165) is 31.5 Å². The summed E-state index contributed by atoms with van der Waals surface area (Å²) in [5.74, 6) is 0.202. The lowest BCUT2D eigenvalue weighted by Crippen LogP contribution is -2.33. The van der Waals surface area contributed by atoms with Crippen LogP contribution in [0.2, 0.25) is 0 Å². The summed E-state index contributed by atoms with van der Waals surface area (Å²) in [6, 6.07) is 8.89. The second-order valence-electron chi connectivity index (χ2n) is 6.54. The van der Waals surface area contributed by atoms with E-state index in [4.69, 9.17) is 10.00 Å². The zero-order valence-electron chi connectivity index (χ0n) is 14.6. The minimum Gasteiger partial charge on any atom is -0.468 e. The molecule has 0 amide bonds. The van der Waals surface area contributed by atoms with Crippen molar-refractivity contribution < 1.29 is 9.53 Å². The van der Waals surface area contributed by atoms with Gasteiger partial charge in [0, 0.05) is 19.8 Å². The number of rotatable bonds is 5. The summed E-state index contributed by atoms with van der Waals surface area (Å²) in [4.78, 5) is 14.6. The van der Waals surface area contributed by atoms with E-state index in [9.17, 15) is 4.79 Å². The van der Waals surface area contributed by atoms with Crippen molar-refractivity contribution in [3.8, 4) is 6.07 Å². The van der Waals surface area contributed by atoms with Crippen molar-refractivity contribution in [3.63, 3.8) is 0 Å². The van der Waals surface area contributed by atoms with Crippen LogP contribution < -0.4 is 0 Å². The topological polar surface area (TPSA) is 71.2 Å². The monoisotopic (exact) mass is 338 g/mol. The number of hydrogen-bond donors (Lipinski definition) is 0. The van der Waals surface area contributed by atoms with Gasteiger partial charge in [-0.3, -0.25) is 9.58 Å². The van der Waals surface area contributed by atoms with E-state index in [1.807, 2.05) is 36.3 Å². The third kappa shape index (κ3) is 3.89. The van der Waals surface area contributed by atoms with Crippen LogP contribution in [0, 0.1) is 17.2 Å². The predicted molar refractivity (Wildman–Crippen MR) is 92.5 cm³/mol. The molecule has 0 aliphatic carbocycles. The molecule has 3 rings (SSSR count). The van der Waals surface area contributed by atoms with Gasteiger partial charge in [0.25, 0.3) is 0 Å². The lowest BCUT2D eigenvalue weighted by molar-refractivity contribution is -0.147. The Balaban J connectivity index is 1.76. The van der Waals surface area contributed by atoms with Crippen LogP contribution in [0.5, 0.6) is 0 Å². The number of aryl methyl sites for hydroxylation is 1. The summed E-state index contributed by atoms with van der Waals surface area (Å²) in [6.07, 6.45) is 5.92. The van der Waals surface area contributed by atoms with Crippen LogP contribution in [0.25, 0.3) is 0 Å². The molecule has 2 heterocycles. The standard InChI is InChI=1S/C19H22N4O2/c1-22-12-16(11-21-22)8-15-6-7-23(13-15)18(19(24)25-2)17-5-3-4-14(9-17)10-20/h3-5,9,11-12,15,18H,6-8,13H2,1-2H3/t15-,18+/m1/s1. The van der Waals surface area contributed by atoms with Gasteiger partial charge in [-0.25, -0.2) is 4.79 Å². The summed E-state index contributed by atoms with van der Waals surface area (Å²) in [7, 11) is 3.33. The van der Waals surface area contributed by atoms with E-state index >= 15 is 0 Å². The largest absolute Gasteiger partial charge is 0.468 e. The average Bonchev–Trinajstić information content (AvgIpc) is 3.24. The van der Waals surface area contributed by atoms with E-state index in [-0.39, 0.29) is 5.97 Å². The fourth-order valence-electron chi connectivity index (χ4n) is 3.56. The Morgan fingerprint density at radius 3 is 3.04 bits per heavy atom. The maximum atomic E-state index is 12.4. The summed E-state index contributed by atoms with van der Waals surface area (Å²) in [5, 5.41) is 13.3. The fourth-order valence-corrected chi connectivity index (χ4v) is 3.56. The van der Waals surface area contributed by atoms with Crippen molar-refractivity contribution in [1.29, 1.82) is 5.26 Å². The molecule has 25 heavy (non-hydrogen) atoms. The number of carbonyl (C=O) groups excluding carboxylic acids is 1. The van der Waals surface area contributed by atoms with Gasteiger partial charge in [-0.2, -0.15) is 10.4 Å². The number of likely N-dealkylation sites (tertiary alicyclic amines) is 1. The van der Waals surface area contributed by atoms with E-state index in [1.165, 1.54) is 12.7 Å². The third-order valence-electron chi connectivity index (χ3n) is 4.72. The second-order valence-corrected chi connectivity index (χ2v) is 6.54. The lowest BCUT2D eigenvalue weighted by atomic mass is 10.0. The van der Waals surface area contributed by atoms with Gasteiger partial charge in [0.05, 0.1) is 24.9 Å². The Kier molecular flexibility index (Phi) is 5.15. The van der Waals surface area contributed by atoms with Crippen molar-refractivity contribution in [2.75, 3.05) is 20.2 Å². The maximum Gasteiger partial charge on any atom is 0.327 e. The molecule has 1 aliphatic rings. The van der Waals surface area contributed by atoms with Crippen LogP contribution in [0.3, 0.4) is 0 Å². The minimum atomic E-state index is -0.461. The molecule has 0 saturated carbocycles. The van der Waals surface area contributed by atoms with Gasteiger partial charge in [-0.15, -0.1) is 0 Å². The van der Waals surface area contributed by atoms with Crippen LogP contribution in [0.4, 0.5) is 0 Å². The molecule has 130 valence electrons. The molecular formula is C19H22N4O2. The van der Waals surface area contributed by atoms with E-state index in [2.05, 4.69) is 16.1 Å². The molecule has 0 unspecified atom stereocenters. The van der Waals surface area contributed by atoms with Crippen molar-refractivity contribution in [2.45, 2.75) is 18.9 Å². The SMILES string of the molecule is COC(=O)[C@H](c1cccc(C#N)c1)N1CC[C@H](Cc2cnn(C)c2)C1. The van der Waals surface area contributed by atoms with Crippen LogP contribution in [0.1, 0.15) is 29.2 Å². The molecule has 1 aromatic heterocycles. The minimum absolute atomic E-state index is 0.280. The number of ether oxygens (including phenoxy) is 1. The van der Waals surface area contributed by atoms with Gasteiger partial charge in [-0.1, -0.05) is 12.1 Å². The molecule has 1 aliphatic heterocycles. The van der Waals surface area contributed by atoms with Gasteiger partial charge < -0.3 is 4.74 Å². The van der Waals surface area contributed by atoms with Crippen LogP contribution in [0.15, 0.2) is 36.7 Å². The summed E-state index contributed by atoms with van der Waals surface area (Å²) >= 11 is 0. The van der Waals surface area contributed by atoms with E-state index in [1.54, 1.807) is 12.1 Å². The summed E-state index contributed by atoms with van der Waals surface area (Å²) in [5.41, 5.74) is 2.58. The van der Waals surface area contributed by atoms with Crippen molar-refractivity contribution >= 4 is 5.97 Å². The van der Waals surface area contributed by atoms with Gasteiger partial charge in [0.15, 0.2) is 0 Å². The number of hydrogen-bond acceptors (Lipinski definition) is 5. The van der Waals surface area contributed by atoms with E-state index in [0.29, 0.717) is 11.5 Å². The number of methoxy groups -OCH3 is 1. The quantitative estimate of drug-likeness (QED) is 0.781. The van der Waals surface area contributed by atoms with Gasteiger partial charge in [0.2, 0.25) is 0 Å². The molecule has 0 radical (unpaired) electrons. The lowest BCUT2D eigenvalue weighted by Gasteiger charge is -2.26. The second kappa shape index (κ2) is 7.49. The number of aromatic nitrogens is 2. The number of nitriles is 1. The molecule has 0 bridgehead atoms. The Morgan fingerprint density at radius 1 is 1.52 bits per heavy atom. The number of nitrogens with zero attached hydrogens (tertiary/aromatic N) is 4. The van der Waals surface area contributed by atoms with E-state index < -0.39 is 6.04 Å². The van der Waals surface area contributed by atoms with Crippen molar-refractivity contribution in [3.05, 3.63) is 53.3 Å². The first-order valence-electron chi connectivity index (χ1n) is 8.40. The molecule has 1 fully saturated rings. The van der Waals surface area contributed by atoms with Crippen molar-refractivity contribution in [1.82, 2.24) is 14.7 Å². The molecule has 6 heteroatoms. The number of benzene rings is 1. The normalized spacial score (nSPS) is 18.7. The number of esters is 1. The predicted octanol–water partition coefficient (Wildman–Crippen LogP) is 2.07. The molecule has 0 N–H and O–H groups in total. The van der Waals surface area contributed by atoms with Crippen molar-refractivity contribution in [2.24, 2.45) is 13.0 Å². The molecule has 2 aromatic rings. The maximum absolute atomic E-state index is 12.4. The first-order chi connectivity index (χ1) is 12.1. The highest BCUT2D eigenvalue weighted by Crippen LogP contribution is 2.30. The Hall–Kier alpha value is -2.65. The highest BCUT2D eigenvalue weighted by atomic mass is 16.5. The first-order valence-corrected chi connectivity index (χ1v) is 8.40. The Labute approximate surface area is 147 Å². The average molecular weight is 338 g/mol. The van der Waals surface area contributed by atoms with Gasteiger partial charge in [-0.05, 0) is 48.6 Å². The van der Waals surface area contributed by atoms with Crippen LogP contribution >= 0.6 is 0 Å². The Bertz CT molecular complexity index is 793. The molecule has 1 saturated heterocycles. The zero-order chi connectivity index (χ0) is 17.8. The fraction of sp³-hybridized carbons (Fsp3) is 0.421. The molecule has 2 atom stereocenters. The Morgan fingerprint density at radius 2 is 2.36 bits per heavy atom. The highest BCUT2D eigenvalue weighted by Gasteiger charge is 2.34. The first kappa shape index (κ1) is 17.2. The van der Waals surface area contributed by atoms with Crippen LogP contribution in [-0.2, 0) is 23.0 Å². The molecule has 1 aromatic carbocycles. The highest BCUT2D eigenvalue weighted by molar-refractivity contribution is 5.77. The zero-order valence-corrected chi connectivity index (χ0v) is 14.6. The van der Waals surface area contributed by atoms with Gasteiger partial charge in [0.1, 0.15) is 6.04 Å². The third-order valence-corrected chi connectivity index (χ3v) is 4.72.